The predicted octanol–water partition coefficient (Wildman–Crippen LogP) is 6.99. The van der Waals surface area contributed by atoms with Crippen molar-refractivity contribution in [2.24, 2.45) is 17.4 Å². The van der Waals surface area contributed by atoms with Gasteiger partial charge in [0.2, 0.25) is 11.8 Å². The first-order valence-corrected chi connectivity index (χ1v) is 32.7. The second-order valence-corrected chi connectivity index (χ2v) is 26.3. The van der Waals surface area contributed by atoms with Gasteiger partial charge in [0, 0.05) is 69.2 Å². The van der Waals surface area contributed by atoms with Gasteiger partial charge in [0.25, 0.3) is 23.6 Å². The Labute approximate surface area is 534 Å². The molecule has 11 rings (SSSR count). The van der Waals surface area contributed by atoms with Crippen LogP contribution in [0.5, 0.6) is 5.75 Å². The van der Waals surface area contributed by atoms with Gasteiger partial charge in [0.05, 0.1) is 30.3 Å². The zero-order valence-electron chi connectivity index (χ0n) is 47.2. The van der Waals surface area contributed by atoms with E-state index in [0.717, 1.165) is 45.3 Å². The third kappa shape index (κ3) is 13.8. The average molecular weight is 1330 g/mol. The number of carbonyl (C=O) groups excluding carboxylic acids is 7. The van der Waals surface area contributed by atoms with Crippen LogP contribution >= 0.6 is 68.0 Å². The minimum atomic E-state index is -1.40. The van der Waals surface area contributed by atoms with Gasteiger partial charge in [-0.15, -0.1) is 68.0 Å². The summed E-state index contributed by atoms with van der Waals surface area (Å²) in [6.45, 7) is 3.17. The number of aromatic nitrogens is 7. The van der Waals surface area contributed by atoms with Crippen molar-refractivity contribution in [2.75, 3.05) is 13.1 Å². The van der Waals surface area contributed by atoms with Crippen LogP contribution in [0.1, 0.15) is 123 Å². The van der Waals surface area contributed by atoms with Gasteiger partial charge in [-0.2, -0.15) is 0 Å². The van der Waals surface area contributed by atoms with Gasteiger partial charge < -0.3 is 57.7 Å². The molecule has 0 spiro atoms. The van der Waals surface area contributed by atoms with E-state index < -0.39 is 96.2 Å². The summed E-state index contributed by atoms with van der Waals surface area (Å²) in [6.07, 6.45) is -4.10. The minimum Gasteiger partial charge on any atom is -0.508 e. The van der Waals surface area contributed by atoms with Gasteiger partial charge >= 0.3 is 12.1 Å². The van der Waals surface area contributed by atoms with E-state index in [9.17, 15) is 48.9 Å². The molecule has 0 aliphatic carbocycles. The number of carbonyl (C=O) groups is 8. The second kappa shape index (κ2) is 26.8. The van der Waals surface area contributed by atoms with Crippen LogP contribution in [0.2, 0.25) is 0 Å². The molecule has 9 heterocycles. The quantitative estimate of drug-likeness (QED) is 0.0525. The number of nitrogens with zero attached hydrogens (tertiary/aromatic N) is 8. The average Bonchev–Trinajstić information content (AvgIpc) is 1.72. The number of carboxylic acid groups (broad SMARTS) is 1. The number of aliphatic carboxylic acids is 1. The number of benzene rings is 2. The summed E-state index contributed by atoms with van der Waals surface area (Å²) in [5, 5.41) is 51.9. The fraction of sp³-hybridized carbons (Fsp3) is 0.259. The van der Waals surface area contributed by atoms with Crippen LogP contribution < -0.4 is 32.7 Å². The summed E-state index contributed by atoms with van der Waals surface area (Å²) in [5.41, 5.74) is 13.8. The monoisotopic (exact) mass is 1330 g/mol. The molecule has 32 heteroatoms. The number of hydrogen-bond acceptors (Lipinski definition) is 24. The molecule has 1 saturated heterocycles. The molecule has 1 unspecified atom stereocenters. The summed E-state index contributed by atoms with van der Waals surface area (Å²) in [5.74, 6) is -6.15. The lowest BCUT2D eigenvalue weighted by molar-refractivity contribution is -0.137. The molecule has 0 radical (unpaired) electrons. The van der Waals surface area contributed by atoms with Crippen LogP contribution in [0.4, 0.5) is 4.79 Å². The molecule has 2 aliphatic heterocycles. The Hall–Kier alpha value is -9.31. The Kier molecular flexibility index (Phi) is 18.6. The third-order valence-electron chi connectivity index (χ3n) is 14.5. The Morgan fingerprint density at radius 3 is 2.09 bits per heavy atom. The van der Waals surface area contributed by atoms with E-state index >= 15 is 4.79 Å². The van der Waals surface area contributed by atoms with E-state index in [0.29, 0.717) is 64.4 Å². The first kappa shape index (κ1) is 62.3. The van der Waals surface area contributed by atoms with E-state index in [1.807, 2.05) is 0 Å². The van der Waals surface area contributed by atoms with Crippen molar-refractivity contribution in [3.8, 4) is 49.1 Å². The maximum atomic E-state index is 15.3. The van der Waals surface area contributed by atoms with Crippen molar-refractivity contribution in [1.82, 2.24) is 61.1 Å². The van der Waals surface area contributed by atoms with E-state index in [4.69, 9.17) is 41.1 Å². The number of pyridine rings is 1. The largest absolute Gasteiger partial charge is 0.508 e. The molecule has 2 aliphatic rings. The molecule has 0 saturated carbocycles. The van der Waals surface area contributed by atoms with Crippen molar-refractivity contribution in [3.05, 3.63) is 147 Å². The van der Waals surface area contributed by atoms with Crippen molar-refractivity contribution < 1.29 is 58.4 Å². The van der Waals surface area contributed by atoms with Gasteiger partial charge in [-0.25, -0.2) is 39.7 Å². The highest BCUT2D eigenvalue weighted by Gasteiger charge is 2.46. The summed E-state index contributed by atoms with van der Waals surface area (Å²) in [6, 6.07) is 13.1. The number of thiazole rings is 6. The van der Waals surface area contributed by atoms with Gasteiger partial charge in [-0.3, -0.25) is 33.6 Å². The number of nitrogens with two attached hydrogens (primary N) is 2. The summed E-state index contributed by atoms with van der Waals surface area (Å²) in [7, 11) is 0. The number of rotatable bonds is 13. The van der Waals surface area contributed by atoms with Crippen molar-refractivity contribution >= 4 is 116 Å². The lowest BCUT2D eigenvalue weighted by atomic mass is 10.00. The highest BCUT2D eigenvalue weighted by Crippen LogP contribution is 2.43. The summed E-state index contributed by atoms with van der Waals surface area (Å²) < 4.78 is 6.07. The molecule has 462 valence electrons. The molecular formula is C58H52N14O12S6. The molecule has 1 fully saturated rings. The standard InChI is InChI=1S/C58H52N14O12S6/c1-25-39(74)19-72-45(25)56-69-38(24-89-56)53-65-34(20-86-53)43-30(14-15-31(62-43)52-66-35(21-87-52)47(60)78)51-67-36(22-85-51)48(79)63-32(18-40(59)75)54-71-42(26(2)90-54)50(81)70-44(46(28-7-4-3-5-8-28)84-58(83)61-16-6-9-41(76)77)55-68-37(23-88-55)49(80)64-33(57(72)82)17-27-10-12-29(73)13-11-27/h3-5,7-8,10-15,20-25,32-33,39,44-46,73-74H,6,9,16-19H2,1-2H3,(H2,59,75)(H2,60,78)(H,61,83)(H,63,79)(H,64,80)(H,70,81)(H,76,77)/t25-,32-,33?,39-,44-,45-,46+/m0/s1. The number of aliphatic hydroxyl groups excluding tert-OH is 1. The lowest BCUT2D eigenvalue weighted by Gasteiger charge is -2.29. The van der Waals surface area contributed by atoms with Crippen molar-refractivity contribution in [3.63, 3.8) is 0 Å². The Balaban J connectivity index is 1.02. The molecule has 7 amide bonds. The normalized spacial score (nSPS) is 19.0. The zero-order chi connectivity index (χ0) is 63.5. The van der Waals surface area contributed by atoms with Gasteiger partial charge in [0.15, 0.2) is 6.10 Å². The number of ether oxygens (including phenoxy) is 1. The molecule has 11 N–H and O–H groups in total. The van der Waals surface area contributed by atoms with E-state index in [1.165, 1.54) is 55.8 Å². The number of carboxylic acids is 1. The third-order valence-corrected chi connectivity index (χ3v) is 20.0. The molecule has 9 aromatic rings. The van der Waals surface area contributed by atoms with Crippen LogP contribution in [-0.4, -0.2) is 128 Å². The molecule has 26 nitrogen and oxygen atoms in total. The van der Waals surface area contributed by atoms with Crippen LogP contribution in [0.25, 0.3) is 43.4 Å². The molecular weight excluding hydrogens is 1280 g/mol. The summed E-state index contributed by atoms with van der Waals surface area (Å²) >= 11 is 6.68. The van der Waals surface area contributed by atoms with Crippen LogP contribution in [0.3, 0.4) is 0 Å². The summed E-state index contributed by atoms with van der Waals surface area (Å²) in [4.78, 5) is 144. The molecule has 2 aromatic carbocycles. The van der Waals surface area contributed by atoms with Gasteiger partial charge in [-0.1, -0.05) is 49.4 Å². The number of nitrogens with one attached hydrogen (secondary N) is 4. The van der Waals surface area contributed by atoms with Crippen molar-refractivity contribution in [1.29, 1.82) is 0 Å². The first-order valence-electron chi connectivity index (χ1n) is 27.5. The fourth-order valence-corrected chi connectivity index (χ4v) is 15.3. The number of hydrogen-bond donors (Lipinski definition) is 9. The predicted molar refractivity (Wildman–Crippen MR) is 334 cm³/mol. The van der Waals surface area contributed by atoms with E-state index in [2.05, 4.69) is 31.2 Å². The van der Waals surface area contributed by atoms with E-state index in [1.54, 1.807) is 79.2 Å². The highest BCUT2D eigenvalue weighted by molar-refractivity contribution is 7.15. The number of phenols is 1. The van der Waals surface area contributed by atoms with Crippen LogP contribution in [-0.2, 0) is 25.5 Å². The number of primary amides is 2. The molecule has 10 bridgehead atoms. The maximum Gasteiger partial charge on any atom is 0.407 e. The number of phenolic OH excluding ortho intramolecular Hbond substituents is 1. The van der Waals surface area contributed by atoms with Gasteiger partial charge in [-0.05, 0) is 48.7 Å². The molecule has 7 atom stereocenters. The topological polar surface area (TPSA) is 400 Å². The zero-order valence-corrected chi connectivity index (χ0v) is 52.1. The van der Waals surface area contributed by atoms with Crippen LogP contribution in [0, 0.1) is 12.8 Å². The van der Waals surface area contributed by atoms with E-state index in [-0.39, 0.29) is 70.9 Å². The van der Waals surface area contributed by atoms with Gasteiger partial charge in [0.1, 0.15) is 87.7 Å². The first-order chi connectivity index (χ1) is 43.2. The molecule has 7 aromatic heterocycles. The number of aromatic hydroxyl groups is 1. The Morgan fingerprint density at radius 1 is 0.700 bits per heavy atom. The minimum absolute atomic E-state index is 0.0332. The number of aryl methyl sites for hydroxylation is 1. The smallest absolute Gasteiger partial charge is 0.407 e. The van der Waals surface area contributed by atoms with Crippen molar-refractivity contribution in [2.45, 2.75) is 75.9 Å². The Morgan fingerprint density at radius 2 is 1.36 bits per heavy atom. The van der Waals surface area contributed by atoms with Crippen LogP contribution in [0.15, 0.2) is 93.6 Å². The lowest BCUT2D eigenvalue weighted by Crippen LogP contribution is -2.50. The maximum absolute atomic E-state index is 15.3. The number of amides is 7. The fourth-order valence-electron chi connectivity index (χ4n) is 10.0. The number of fused-ring (bicyclic) bond motifs is 16. The molecule has 90 heavy (non-hydrogen) atoms. The number of aliphatic hydroxyl groups is 1. The SMILES string of the molecule is Cc1sc2nc1C(=O)N[C@@H]([C@H](OC(=O)NCCCC(=O)O)c1ccccc1)c1nc(cs1)C(=O)NC(Cc1ccc(O)cc1)C(=O)N1C[C@H](O)[C@H](C)[C@H]1c1nc(cs1)-c1nc(cs1)-c1nc(-c3nc(C(N)=O)cs3)ccc1-c1nc(cs1)C(=O)N[C@H]2CC(N)=O. The Bertz CT molecular complexity index is 4220. The second-order valence-electron chi connectivity index (χ2n) is 20.7. The number of alkyl carbamates (subject to hydrolysis) is 1. The highest BCUT2D eigenvalue weighted by atomic mass is 32.1.